The SMILES string of the molecule is C=C(C)CN(c1ccc(OCC(=O)OCC)cc1[N+](=O)[O-])C1CCOCC1. The number of rotatable bonds is 9. The van der Waals surface area contributed by atoms with Gasteiger partial charge in [0.05, 0.1) is 17.6 Å². The van der Waals surface area contributed by atoms with E-state index in [4.69, 9.17) is 14.2 Å². The van der Waals surface area contributed by atoms with Crippen LogP contribution in [-0.2, 0) is 14.3 Å². The Morgan fingerprint density at radius 2 is 2.11 bits per heavy atom. The zero-order valence-corrected chi connectivity index (χ0v) is 15.8. The van der Waals surface area contributed by atoms with E-state index in [9.17, 15) is 14.9 Å². The summed E-state index contributed by atoms with van der Waals surface area (Å²) in [4.78, 5) is 24.7. The predicted molar refractivity (Wildman–Crippen MR) is 101 cm³/mol. The summed E-state index contributed by atoms with van der Waals surface area (Å²) in [5, 5.41) is 11.7. The minimum atomic E-state index is -0.518. The Hall–Kier alpha value is -2.61. The van der Waals surface area contributed by atoms with Crippen LogP contribution >= 0.6 is 0 Å². The highest BCUT2D eigenvalue weighted by atomic mass is 16.6. The first kappa shape index (κ1) is 20.7. The van der Waals surface area contributed by atoms with Crippen LogP contribution in [0, 0.1) is 10.1 Å². The Morgan fingerprint density at radius 1 is 1.41 bits per heavy atom. The molecule has 0 bridgehead atoms. The summed E-state index contributed by atoms with van der Waals surface area (Å²) in [6.45, 7) is 9.30. The Labute approximate surface area is 158 Å². The molecule has 1 fully saturated rings. The van der Waals surface area contributed by atoms with Crippen molar-refractivity contribution in [3.63, 3.8) is 0 Å². The van der Waals surface area contributed by atoms with E-state index in [0.717, 1.165) is 18.4 Å². The van der Waals surface area contributed by atoms with Crippen molar-refractivity contribution in [2.24, 2.45) is 0 Å². The molecule has 1 aromatic carbocycles. The lowest BCUT2D eigenvalue weighted by atomic mass is 10.0. The van der Waals surface area contributed by atoms with Crippen LogP contribution < -0.4 is 9.64 Å². The van der Waals surface area contributed by atoms with Crippen molar-refractivity contribution in [2.45, 2.75) is 32.7 Å². The lowest BCUT2D eigenvalue weighted by molar-refractivity contribution is -0.384. The van der Waals surface area contributed by atoms with Crippen molar-refractivity contribution in [3.05, 3.63) is 40.5 Å². The molecule has 0 saturated carbocycles. The number of benzene rings is 1. The molecular weight excluding hydrogens is 352 g/mol. The van der Waals surface area contributed by atoms with Gasteiger partial charge in [-0.3, -0.25) is 10.1 Å². The third-order valence-electron chi connectivity index (χ3n) is 4.19. The van der Waals surface area contributed by atoms with E-state index < -0.39 is 10.9 Å². The lowest BCUT2D eigenvalue weighted by Crippen LogP contribution is -2.40. The van der Waals surface area contributed by atoms with Crippen LogP contribution in [0.4, 0.5) is 11.4 Å². The molecule has 1 aromatic rings. The average Bonchev–Trinajstić information content (AvgIpc) is 2.65. The monoisotopic (exact) mass is 378 g/mol. The van der Waals surface area contributed by atoms with Crippen molar-refractivity contribution >= 4 is 17.3 Å². The number of nitro groups is 1. The second-order valence-corrected chi connectivity index (χ2v) is 6.43. The molecule has 148 valence electrons. The highest BCUT2D eigenvalue weighted by Crippen LogP contribution is 2.35. The van der Waals surface area contributed by atoms with E-state index in [1.54, 1.807) is 19.1 Å². The standard InChI is InChI=1S/C19H26N2O6/c1-4-26-19(22)13-27-16-5-6-17(18(11-16)21(23)24)20(12-14(2)3)15-7-9-25-10-8-15/h5-6,11,15H,2,4,7-10,12-13H2,1,3H3. The molecule has 0 unspecified atom stereocenters. The molecule has 0 atom stereocenters. The van der Waals surface area contributed by atoms with Gasteiger partial charge in [0.15, 0.2) is 6.61 Å². The minimum absolute atomic E-state index is 0.0656. The lowest BCUT2D eigenvalue weighted by Gasteiger charge is -2.36. The van der Waals surface area contributed by atoms with E-state index in [1.807, 2.05) is 11.8 Å². The summed E-state index contributed by atoms with van der Waals surface area (Å²) in [5.41, 5.74) is 1.36. The molecule has 1 saturated heterocycles. The van der Waals surface area contributed by atoms with Gasteiger partial charge in [-0.25, -0.2) is 4.79 Å². The number of ether oxygens (including phenoxy) is 3. The number of carbonyl (C=O) groups is 1. The quantitative estimate of drug-likeness (QED) is 0.282. The Morgan fingerprint density at radius 3 is 2.70 bits per heavy atom. The molecule has 0 aromatic heterocycles. The van der Waals surface area contributed by atoms with Gasteiger partial charge in [0.25, 0.3) is 5.69 Å². The van der Waals surface area contributed by atoms with Gasteiger partial charge in [-0.15, -0.1) is 0 Å². The molecule has 8 nitrogen and oxygen atoms in total. The molecule has 0 spiro atoms. The molecule has 0 aliphatic carbocycles. The largest absolute Gasteiger partial charge is 0.482 e. The molecule has 1 heterocycles. The Kier molecular flexibility index (Phi) is 7.60. The van der Waals surface area contributed by atoms with Gasteiger partial charge in [0.2, 0.25) is 0 Å². The van der Waals surface area contributed by atoms with Crippen molar-refractivity contribution in [2.75, 3.05) is 37.9 Å². The minimum Gasteiger partial charge on any atom is -0.482 e. The first-order valence-corrected chi connectivity index (χ1v) is 8.98. The Balaban J connectivity index is 2.27. The fourth-order valence-corrected chi connectivity index (χ4v) is 3.03. The molecular formula is C19H26N2O6. The topological polar surface area (TPSA) is 91.1 Å². The van der Waals surface area contributed by atoms with Gasteiger partial charge >= 0.3 is 5.97 Å². The van der Waals surface area contributed by atoms with Gasteiger partial charge in [-0.1, -0.05) is 12.2 Å². The summed E-state index contributed by atoms with van der Waals surface area (Å²) in [5.74, 6) is -0.268. The fraction of sp³-hybridized carbons (Fsp3) is 0.526. The van der Waals surface area contributed by atoms with E-state index in [2.05, 4.69) is 6.58 Å². The van der Waals surface area contributed by atoms with Crippen LogP contribution in [0.3, 0.4) is 0 Å². The molecule has 27 heavy (non-hydrogen) atoms. The fourth-order valence-electron chi connectivity index (χ4n) is 3.03. The molecule has 8 heteroatoms. The maximum absolute atomic E-state index is 11.7. The summed E-state index contributed by atoms with van der Waals surface area (Å²) in [7, 11) is 0. The number of hydrogen-bond donors (Lipinski definition) is 0. The van der Waals surface area contributed by atoms with Crippen LogP contribution in [0.2, 0.25) is 0 Å². The summed E-state index contributed by atoms with van der Waals surface area (Å²) in [6, 6.07) is 4.78. The van der Waals surface area contributed by atoms with Crippen molar-refractivity contribution in [3.8, 4) is 5.75 Å². The van der Waals surface area contributed by atoms with Gasteiger partial charge < -0.3 is 19.1 Å². The average molecular weight is 378 g/mol. The summed E-state index contributed by atoms with van der Waals surface area (Å²) >= 11 is 0. The van der Waals surface area contributed by atoms with Crippen molar-refractivity contribution < 1.29 is 23.9 Å². The van der Waals surface area contributed by atoms with Gasteiger partial charge in [0.1, 0.15) is 11.4 Å². The summed E-state index contributed by atoms with van der Waals surface area (Å²) < 4.78 is 15.6. The first-order chi connectivity index (χ1) is 12.9. The van der Waals surface area contributed by atoms with Crippen LogP contribution in [0.1, 0.15) is 26.7 Å². The third kappa shape index (κ3) is 5.96. The molecule has 0 amide bonds. The second-order valence-electron chi connectivity index (χ2n) is 6.43. The van der Waals surface area contributed by atoms with Crippen LogP contribution in [0.15, 0.2) is 30.4 Å². The van der Waals surface area contributed by atoms with E-state index in [0.29, 0.717) is 25.4 Å². The number of nitrogens with zero attached hydrogens (tertiary/aromatic N) is 2. The van der Waals surface area contributed by atoms with E-state index in [1.165, 1.54) is 6.07 Å². The van der Waals surface area contributed by atoms with E-state index >= 15 is 0 Å². The van der Waals surface area contributed by atoms with Crippen LogP contribution in [0.5, 0.6) is 5.75 Å². The summed E-state index contributed by atoms with van der Waals surface area (Å²) in [6.07, 6.45) is 1.59. The van der Waals surface area contributed by atoms with Gasteiger partial charge in [0, 0.05) is 25.8 Å². The zero-order chi connectivity index (χ0) is 19.8. The smallest absolute Gasteiger partial charge is 0.344 e. The highest BCUT2D eigenvalue weighted by Gasteiger charge is 2.28. The number of nitro benzene ring substituents is 1. The number of carbonyl (C=O) groups excluding carboxylic acids is 1. The van der Waals surface area contributed by atoms with Crippen LogP contribution in [-0.4, -0.2) is 49.9 Å². The predicted octanol–water partition coefficient (Wildman–Crippen LogP) is 3.10. The molecule has 0 radical (unpaired) electrons. The molecule has 0 N–H and O–H groups in total. The van der Waals surface area contributed by atoms with Gasteiger partial charge in [-0.05, 0) is 38.8 Å². The van der Waals surface area contributed by atoms with Crippen molar-refractivity contribution in [1.29, 1.82) is 0 Å². The highest BCUT2D eigenvalue weighted by molar-refractivity contribution is 5.71. The third-order valence-corrected chi connectivity index (χ3v) is 4.19. The van der Waals surface area contributed by atoms with Gasteiger partial charge in [-0.2, -0.15) is 0 Å². The van der Waals surface area contributed by atoms with Crippen molar-refractivity contribution in [1.82, 2.24) is 0 Å². The van der Waals surface area contributed by atoms with E-state index in [-0.39, 0.29) is 30.7 Å². The molecule has 2 rings (SSSR count). The zero-order valence-electron chi connectivity index (χ0n) is 15.8. The number of esters is 1. The maximum Gasteiger partial charge on any atom is 0.344 e. The normalized spacial score (nSPS) is 14.4. The molecule has 1 aliphatic heterocycles. The Bertz CT molecular complexity index is 685. The first-order valence-electron chi connectivity index (χ1n) is 8.98. The number of anilines is 1. The maximum atomic E-state index is 11.7. The number of hydrogen-bond acceptors (Lipinski definition) is 7. The second kappa shape index (κ2) is 9.91. The molecule has 1 aliphatic rings. The van der Waals surface area contributed by atoms with Crippen LogP contribution in [0.25, 0.3) is 0 Å².